The number of aliphatic hydroxyl groups excluding tert-OH is 1. The monoisotopic (exact) mass is 374 g/mol. The molecule has 1 fully saturated rings. The molecule has 0 spiro atoms. The Hall–Kier alpha value is -2.74. The number of benzene rings is 1. The zero-order valence-electron chi connectivity index (χ0n) is 15.8. The number of rotatable bonds is 5. The first-order valence-corrected chi connectivity index (χ1v) is 9.07. The van der Waals surface area contributed by atoms with Crippen molar-refractivity contribution in [2.45, 2.75) is 38.0 Å². The number of likely N-dealkylation sites (N-methyl/N-ethyl adjacent to an activating group) is 1. The number of phenols is 1. The van der Waals surface area contributed by atoms with E-state index in [2.05, 4.69) is 10.6 Å². The summed E-state index contributed by atoms with van der Waals surface area (Å²) in [5.41, 5.74) is 0.953. The Morgan fingerprint density at radius 3 is 2.56 bits per heavy atom. The van der Waals surface area contributed by atoms with Gasteiger partial charge in [0.25, 0.3) is 11.8 Å². The van der Waals surface area contributed by atoms with Crippen LogP contribution >= 0.6 is 0 Å². The van der Waals surface area contributed by atoms with Gasteiger partial charge < -0.3 is 30.6 Å². The smallest absolute Gasteiger partial charge is 0.274 e. The van der Waals surface area contributed by atoms with E-state index in [1.807, 2.05) is 0 Å². The van der Waals surface area contributed by atoms with Crippen LogP contribution in [0, 0.1) is 0 Å². The molecule has 0 aromatic heterocycles. The second kappa shape index (κ2) is 7.48. The number of aromatic hydroxyl groups is 1. The van der Waals surface area contributed by atoms with Crippen LogP contribution in [0.25, 0.3) is 0 Å². The molecule has 0 bridgehead atoms. The number of hydrogen-bond donors (Lipinski definition) is 4. The van der Waals surface area contributed by atoms with Gasteiger partial charge in [0.05, 0.1) is 16.9 Å². The molecule has 1 saturated carbocycles. The highest BCUT2D eigenvalue weighted by atomic mass is 16.3. The van der Waals surface area contributed by atoms with E-state index in [4.69, 9.17) is 0 Å². The fourth-order valence-corrected chi connectivity index (χ4v) is 3.48. The molecule has 1 heterocycles. The number of hydrogen-bond acceptors (Lipinski definition) is 6. The van der Waals surface area contributed by atoms with Gasteiger partial charge in [-0.1, -0.05) is 18.9 Å². The van der Waals surface area contributed by atoms with Crippen molar-refractivity contribution in [3.05, 3.63) is 35.2 Å². The van der Waals surface area contributed by atoms with Crippen LogP contribution in [0.5, 0.6) is 5.75 Å². The van der Waals surface area contributed by atoms with Crippen molar-refractivity contribution >= 4 is 17.5 Å². The molecular weight excluding hydrogens is 348 g/mol. The summed E-state index contributed by atoms with van der Waals surface area (Å²) in [6, 6.07) is 4.94. The standard InChI is InChI=1S/C19H26N4O4/c1-22(2)17(25)12-9-6-10-13(16(12)24)21-15-14(18(26)23(3)19(15)27)20-11-7-4-5-8-11/h6,9-11,18,20-21,24,26H,4-5,7-8H2,1-3H3. The first kappa shape index (κ1) is 19.0. The van der Waals surface area contributed by atoms with Crippen LogP contribution < -0.4 is 10.6 Å². The van der Waals surface area contributed by atoms with Crippen LogP contribution in [-0.2, 0) is 4.79 Å². The van der Waals surface area contributed by atoms with Crippen molar-refractivity contribution in [1.82, 2.24) is 15.1 Å². The van der Waals surface area contributed by atoms with Crippen molar-refractivity contribution in [2.24, 2.45) is 0 Å². The fraction of sp³-hybridized carbons (Fsp3) is 0.474. The largest absolute Gasteiger partial charge is 0.505 e. The highest BCUT2D eigenvalue weighted by Crippen LogP contribution is 2.32. The van der Waals surface area contributed by atoms with Gasteiger partial charge in [0.2, 0.25) is 0 Å². The van der Waals surface area contributed by atoms with E-state index in [0.717, 1.165) is 25.7 Å². The molecule has 8 heteroatoms. The summed E-state index contributed by atoms with van der Waals surface area (Å²) in [6.45, 7) is 0. The van der Waals surface area contributed by atoms with Gasteiger partial charge in [-0.2, -0.15) is 0 Å². The molecule has 27 heavy (non-hydrogen) atoms. The van der Waals surface area contributed by atoms with Crippen molar-refractivity contribution in [3.63, 3.8) is 0 Å². The van der Waals surface area contributed by atoms with E-state index in [9.17, 15) is 19.8 Å². The summed E-state index contributed by atoms with van der Waals surface area (Å²) in [7, 11) is 4.71. The van der Waals surface area contributed by atoms with Crippen LogP contribution in [-0.4, -0.2) is 65.2 Å². The Balaban J connectivity index is 1.93. The van der Waals surface area contributed by atoms with E-state index < -0.39 is 6.23 Å². The molecule has 2 amide bonds. The highest BCUT2D eigenvalue weighted by molar-refractivity contribution is 6.02. The third-order valence-electron chi connectivity index (χ3n) is 5.08. The third kappa shape index (κ3) is 3.57. The van der Waals surface area contributed by atoms with Crippen LogP contribution in [0.2, 0.25) is 0 Å². The van der Waals surface area contributed by atoms with Gasteiger partial charge in [0.1, 0.15) is 5.70 Å². The van der Waals surface area contributed by atoms with Gasteiger partial charge in [-0.3, -0.25) is 9.59 Å². The first-order valence-electron chi connectivity index (χ1n) is 9.07. The van der Waals surface area contributed by atoms with Gasteiger partial charge in [0.15, 0.2) is 12.0 Å². The predicted molar refractivity (Wildman–Crippen MR) is 101 cm³/mol. The number of amides is 2. The highest BCUT2D eigenvalue weighted by Gasteiger charge is 2.37. The Labute approximate surface area is 158 Å². The second-order valence-corrected chi connectivity index (χ2v) is 7.23. The Morgan fingerprint density at radius 2 is 1.93 bits per heavy atom. The number of nitrogens with zero attached hydrogens (tertiary/aromatic N) is 2. The van der Waals surface area contributed by atoms with E-state index in [1.165, 1.54) is 22.9 Å². The average Bonchev–Trinajstić information content (AvgIpc) is 3.22. The first-order chi connectivity index (χ1) is 12.8. The number of para-hydroxylation sites is 1. The van der Waals surface area contributed by atoms with Gasteiger partial charge in [-0.25, -0.2) is 0 Å². The molecule has 3 rings (SSSR count). The maximum Gasteiger partial charge on any atom is 0.274 e. The van der Waals surface area contributed by atoms with E-state index in [1.54, 1.807) is 26.2 Å². The molecular formula is C19H26N4O4. The Morgan fingerprint density at radius 1 is 1.26 bits per heavy atom. The normalized spacial score (nSPS) is 20.4. The van der Waals surface area contributed by atoms with E-state index in [0.29, 0.717) is 5.70 Å². The van der Waals surface area contributed by atoms with Crippen LogP contribution in [0.4, 0.5) is 5.69 Å². The molecule has 1 atom stereocenters. The van der Waals surface area contributed by atoms with Crippen LogP contribution in [0.1, 0.15) is 36.0 Å². The maximum atomic E-state index is 12.6. The lowest BCUT2D eigenvalue weighted by molar-refractivity contribution is -0.129. The molecule has 1 aliphatic carbocycles. The summed E-state index contributed by atoms with van der Waals surface area (Å²) in [5, 5.41) is 27.2. The number of carbonyl (C=O) groups is 2. The fourth-order valence-electron chi connectivity index (χ4n) is 3.48. The van der Waals surface area contributed by atoms with Crippen molar-refractivity contribution in [2.75, 3.05) is 26.5 Å². The molecule has 8 nitrogen and oxygen atoms in total. The predicted octanol–water partition coefficient (Wildman–Crippen LogP) is 1.04. The molecule has 1 aromatic carbocycles. The molecule has 0 saturated heterocycles. The lowest BCUT2D eigenvalue weighted by Crippen LogP contribution is -2.37. The minimum atomic E-state index is -1.07. The zero-order chi connectivity index (χ0) is 19.7. The molecule has 1 unspecified atom stereocenters. The minimum Gasteiger partial charge on any atom is -0.505 e. The van der Waals surface area contributed by atoms with Gasteiger partial charge in [-0.05, 0) is 25.0 Å². The van der Waals surface area contributed by atoms with Crippen LogP contribution in [0.15, 0.2) is 29.6 Å². The molecule has 1 aromatic rings. The molecule has 4 N–H and O–H groups in total. The number of carbonyl (C=O) groups excluding carboxylic acids is 2. The number of aliphatic hydroxyl groups is 1. The Kier molecular flexibility index (Phi) is 5.27. The maximum absolute atomic E-state index is 12.6. The summed E-state index contributed by atoms with van der Waals surface area (Å²) in [5.74, 6) is -0.961. The lowest BCUT2D eigenvalue weighted by atomic mass is 10.1. The third-order valence-corrected chi connectivity index (χ3v) is 5.08. The molecule has 146 valence electrons. The SMILES string of the molecule is CN(C)C(=O)c1cccc(NC2=C(NC3CCCC3)C(O)N(C)C2=O)c1O. The second-order valence-electron chi connectivity index (χ2n) is 7.23. The van der Waals surface area contributed by atoms with Gasteiger partial charge >= 0.3 is 0 Å². The van der Waals surface area contributed by atoms with Crippen molar-refractivity contribution < 1.29 is 19.8 Å². The lowest BCUT2D eigenvalue weighted by Gasteiger charge is -2.21. The van der Waals surface area contributed by atoms with Crippen molar-refractivity contribution in [1.29, 1.82) is 0 Å². The summed E-state index contributed by atoms with van der Waals surface area (Å²) < 4.78 is 0. The van der Waals surface area contributed by atoms with Crippen LogP contribution in [0.3, 0.4) is 0 Å². The Bertz CT molecular complexity index is 784. The quantitative estimate of drug-likeness (QED) is 0.574. The number of anilines is 1. The molecule has 0 radical (unpaired) electrons. The summed E-state index contributed by atoms with van der Waals surface area (Å²) in [4.78, 5) is 27.4. The number of nitrogens with one attached hydrogen (secondary N) is 2. The topological polar surface area (TPSA) is 105 Å². The molecule has 1 aliphatic heterocycles. The van der Waals surface area contributed by atoms with Gasteiger partial charge in [0, 0.05) is 27.2 Å². The minimum absolute atomic E-state index is 0.134. The number of phenolic OH excluding ortho intramolecular Hbond substituents is 1. The zero-order valence-corrected chi connectivity index (χ0v) is 15.8. The van der Waals surface area contributed by atoms with E-state index in [-0.39, 0.29) is 40.6 Å². The van der Waals surface area contributed by atoms with Crippen molar-refractivity contribution in [3.8, 4) is 5.75 Å². The van der Waals surface area contributed by atoms with Gasteiger partial charge in [-0.15, -0.1) is 0 Å². The summed E-state index contributed by atoms with van der Waals surface area (Å²) in [6.07, 6.45) is 3.12. The average molecular weight is 374 g/mol. The summed E-state index contributed by atoms with van der Waals surface area (Å²) >= 11 is 0. The van der Waals surface area contributed by atoms with E-state index >= 15 is 0 Å². The molecule has 2 aliphatic rings.